The molecule has 0 amide bonds. The monoisotopic (exact) mass is 378 g/mol. The Bertz CT molecular complexity index is 1150. The van der Waals surface area contributed by atoms with Crippen molar-refractivity contribution in [1.29, 1.82) is 0 Å². The van der Waals surface area contributed by atoms with Gasteiger partial charge in [-0.15, -0.1) is 0 Å². The van der Waals surface area contributed by atoms with Crippen molar-refractivity contribution in [3.63, 3.8) is 0 Å². The van der Waals surface area contributed by atoms with Crippen molar-refractivity contribution >= 4 is 31.0 Å². The van der Waals surface area contributed by atoms with Crippen LogP contribution in [0.3, 0.4) is 0 Å². The molecule has 0 fully saturated rings. The Labute approximate surface area is 145 Å². The molecule has 0 saturated carbocycles. The van der Waals surface area contributed by atoms with E-state index in [4.69, 9.17) is 9.32 Å². The molecule has 3 rings (SSSR count). The predicted octanol–water partition coefficient (Wildman–Crippen LogP) is 1.96. The molecule has 0 atom stereocenters. The van der Waals surface area contributed by atoms with Gasteiger partial charge in [-0.3, -0.25) is 0 Å². The Morgan fingerprint density at radius 3 is 2.16 bits per heavy atom. The standard InChI is InChI=1S/C16H14N2O5S2/c1-11-5-6-12-3-2-4-15(16(12)18-11)23-25(21,22)14-9-7-13(8-10-14)24(17,19)20/h2-10H,1H3,(H2,17,19,20). The number of pyridine rings is 1. The summed E-state index contributed by atoms with van der Waals surface area (Å²) in [6, 6.07) is 13.1. The lowest BCUT2D eigenvalue weighted by Gasteiger charge is -2.10. The Morgan fingerprint density at radius 2 is 1.52 bits per heavy atom. The number of nitrogens with zero attached hydrogens (tertiary/aromatic N) is 1. The Kier molecular flexibility index (Phi) is 4.23. The molecule has 0 aliphatic rings. The van der Waals surface area contributed by atoms with Crippen molar-refractivity contribution in [3.05, 3.63) is 60.3 Å². The van der Waals surface area contributed by atoms with Crippen LogP contribution in [0, 0.1) is 6.92 Å². The highest BCUT2D eigenvalue weighted by Crippen LogP contribution is 2.27. The lowest BCUT2D eigenvalue weighted by atomic mass is 10.2. The molecule has 0 unspecified atom stereocenters. The van der Waals surface area contributed by atoms with E-state index in [1.54, 1.807) is 19.1 Å². The van der Waals surface area contributed by atoms with Crippen LogP contribution >= 0.6 is 0 Å². The van der Waals surface area contributed by atoms with E-state index in [2.05, 4.69) is 4.98 Å². The summed E-state index contributed by atoms with van der Waals surface area (Å²) in [5.41, 5.74) is 1.14. The fourth-order valence-electron chi connectivity index (χ4n) is 2.25. The summed E-state index contributed by atoms with van der Waals surface area (Å²) >= 11 is 0. The van der Waals surface area contributed by atoms with E-state index in [0.29, 0.717) is 5.52 Å². The van der Waals surface area contributed by atoms with Crippen molar-refractivity contribution in [2.75, 3.05) is 0 Å². The number of benzene rings is 2. The van der Waals surface area contributed by atoms with Gasteiger partial charge in [0.1, 0.15) is 10.4 Å². The van der Waals surface area contributed by atoms with Crippen LogP contribution in [0.4, 0.5) is 0 Å². The van der Waals surface area contributed by atoms with Crippen molar-refractivity contribution in [1.82, 2.24) is 4.98 Å². The van der Waals surface area contributed by atoms with Crippen LogP contribution in [0.15, 0.2) is 64.4 Å². The first-order chi connectivity index (χ1) is 11.7. The van der Waals surface area contributed by atoms with Crippen LogP contribution < -0.4 is 9.32 Å². The zero-order chi connectivity index (χ0) is 18.2. The van der Waals surface area contributed by atoms with Gasteiger partial charge in [-0.2, -0.15) is 8.42 Å². The minimum atomic E-state index is -4.16. The number of hydrogen-bond acceptors (Lipinski definition) is 6. The van der Waals surface area contributed by atoms with E-state index in [-0.39, 0.29) is 15.5 Å². The van der Waals surface area contributed by atoms with Gasteiger partial charge < -0.3 is 4.18 Å². The topological polar surface area (TPSA) is 116 Å². The fraction of sp³-hybridized carbons (Fsp3) is 0.0625. The smallest absolute Gasteiger partial charge is 0.339 e. The van der Waals surface area contributed by atoms with Crippen molar-refractivity contribution in [3.8, 4) is 5.75 Å². The quantitative estimate of drug-likeness (QED) is 0.694. The molecular formula is C16H14N2O5S2. The summed E-state index contributed by atoms with van der Waals surface area (Å²) in [4.78, 5) is 3.94. The molecule has 1 heterocycles. The molecule has 0 spiro atoms. The molecule has 7 nitrogen and oxygen atoms in total. The minimum absolute atomic E-state index is 0.0942. The maximum absolute atomic E-state index is 12.5. The second-order valence-electron chi connectivity index (χ2n) is 5.33. The summed E-state index contributed by atoms with van der Waals surface area (Å²) < 4.78 is 52.6. The average Bonchev–Trinajstić information content (AvgIpc) is 2.54. The van der Waals surface area contributed by atoms with Gasteiger partial charge in [-0.1, -0.05) is 18.2 Å². The van der Waals surface area contributed by atoms with E-state index in [0.717, 1.165) is 35.3 Å². The molecule has 0 bridgehead atoms. The Balaban J connectivity index is 2.01. The number of hydrogen-bond donors (Lipinski definition) is 1. The molecule has 25 heavy (non-hydrogen) atoms. The molecule has 3 aromatic rings. The number of nitrogens with two attached hydrogens (primary N) is 1. The van der Waals surface area contributed by atoms with E-state index >= 15 is 0 Å². The zero-order valence-corrected chi connectivity index (χ0v) is 14.7. The summed E-state index contributed by atoms with van der Waals surface area (Å²) in [6.07, 6.45) is 0. The number of para-hydroxylation sites is 1. The normalized spacial score (nSPS) is 12.2. The molecule has 0 aliphatic carbocycles. The second kappa shape index (κ2) is 6.10. The van der Waals surface area contributed by atoms with Crippen LogP contribution in [-0.2, 0) is 20.1 Å². The molecule has 1 aromatic heterocycles. The molecule has 9 heteroatoms. The first-order valence-electron chi connectivity index (χ1n) is 7.10. The number of aryl methyl sites for hydroxylation is 1. The van der Waals surface area contributed by atoms with Crippen LogP contribution in [0.25, 0.3) is 10.9 Å². The molecule has 0 radical (unpaired) electrons. The van der Waals surface area contributed by atoms with Gasteiger partial charge in [0.2, 0.25) is 10.0 Å². The Morgan fingerprint density at radius 1 is 0.880 bits per heavy atom. The summed E-state index contributed by atoms with van der Waals surface area (Å²) in [7, 11) is -8.06. The second-order valence-corrected chi connectivity index (χ2v) is 8.44. The molecule has 2 N–H and O–H groups in total. The first kappa shape index (κ1) is 17.3. The highest BCUT2D eigenvalue weighted by atomic mass is 32.2. The summed E-state index contributed by atoms with van der Waals surface area (Å²) in [6.45, 7) is 1.79. The third-order valence-electron chi connectivity index (χ3n) is 3.46. The molecule has 130 valence electrons. The van der Waals surface area contributed by atoms with Gasteiger partial charge in [0.15, 0.2) is 5.75 Å². The SMILES string of the molecule is Cc1ccc2cccc(OS(=O)(=O)c3ccc(S(N)(=O)=O)cc3)c2n1. The number of sulfonamides is 1. The van der Waals surface area contributed by atoms with E-state index in [9.17, 15) is 16.8 Å². The van der Waals surface area contributed by atoms with Gasteiger partial charge in [0.05, 0.1) is 4.90 Å². The van der Waals surface area contributed by atoms with Gasteiger partial charge in [-0.05, 0) is 43.3 Å². The van der Waals surface area contributed by atoms with Crippen molar-refractivity contribution < 1.29 is 21.0 Å². The van der Waals surface area contributed by atoms with Crippen molar-refractivity contribution in [2.45, 2.75) is 16.7 Å². The van der Waals surface area contributed by atoms with Gasteiger partial charge in [0, 0.05) is 11.1 Å². The molecular weight excluding hydrogens is 364 g/mol. The van der Waals surface area contributed by atoms with Gasteiger partial charge >= 0.3 is 10.1 Å². The zero-order valence-electron chi connectivity index (χ0n) is 13.1. The number of aromatic nitrogens is 1. The predicted molar refractivity (Wildman–Crippen MR) is 92.1 cm³/mol. The maximum Gasteiger partial charge on any atom is 0.339 e. The lowest BCUT2D eigenvalue weighted by molar-refractivity contribution is 0.488. The number of primary sulfonamides is 1. The highest BCUT2D eigenvalue weighted by Gasteiger charge is 2.19. The third-order valence-corrected chi connectivity index (χ3v) is 5.64. The summed E-state index contributed by atoms with van der Waals surface area (Å²) in [5, 5.41) is 5.74. The highest BCUT2D eigenvalue weighted by molar-refractivity contribution is 7.89. The molecule has 0 aliphatic heterocycles. The summed E-state index contributed by atoms with van der Waals surface area (Å²) in [5.74, 6) is 0.0942. The van der Waals surface area contributed by atoms with Gasteiger partial charge in [0.25, 0.3) is 0 Å². The molecule has 0 saturated heterocycles. The van der Waals surface area contributed by atoms with Gasteiger partial charge in [-0.25, -0.2) is 18.5 Å². The fourth-order valence-corrected chi connectivity index (χ4v) is 3.70. The largest absolute Gasteiger partial charge is 0.377 e. The van der Waals surface area contributed by atoms with Crippen LogP contribution in [0.5, 0.6) is 5.75 Å². The lowest BCUT2D eigenvalue weighted by Crippen LogP contribution is -2.13. The number of rotatable bonds is 4. The van der Waals surface area contributed by atoms with Crippen LogP contribution in [0.1, 0.15) is 5.69 Å². The molecule has 2 aromatic carbocycles. The van der Waals surface area contributed by atoms with Crippen LogP contribution in [0.2, 0.25) is 0 Å². The van der Waals surface area contributed by atoms with E-state index in [1.165, 1.54) is 6.07 Å². The van der Waals surface area contributed by atoms with E-state index in [1.807, 2.05) is 12.1 Å². The van der Waals surface area contributed by atoms with Crippen LogP contribution in [-0.4, -0.2) is 21.8 Å². The average molecular weight is 378 g/mol. The van der Waals surface area contributed by atoms with E-state index < -0.39 is 20.1 Å². The number of fused-ring (bicyclic) bond motifs is 1. The third kappa shape index (κ3) is 3.63. The van der Waals surface area contributed by atoms with Crippen molar-refractivity contribution in [2.24, 2.45) is 5.14 Å². The Hall–Kier alpha value is -2.49. The first-order valence-corrected chi connectivity index (χ1v) is 10.1. The minimum Gasteiger partial charge on any atom is -0.377 e. The maximum atomic E-state index is 12.5.